The van der Waals surface area contributed by atoms with E-state index in [4.69, 9.17) is 14.2 Å². The molecule has 1 N–H and O–H groups in total. The second-order valence-corrected chi connectivity index (χ2v) is 12.6. The smallest absolute Gasteiger partial charge is 0.352 e. The van der Waals surface area contributed by atoms with Crippen molar-refractivity contribution in [1.82, 2.24) is 14.7 Å². The first-order chi connectivity index (χ1) is 18.1. The fourth-order valence-corrected chi connectivity index (χ4v) is 6.88. The van der Waals surface area contributed by atoms with Gasteiger partial charge in [0.15, 0.2) is 11.5 Å². The van der Waals surface area contributed by atoms with Crippen LogP contribution in [0.4, 0.5) is 8.78 Å². The van der Waals surface area contributed by atoms with Crippen LogP contribution in [0, 0.1) is 10.8 Å². The third-order valence-electron chi connectivity index (χ3n) is 7.94. The molecule has 8 nitrogen and oxygen atoms in total. The van der Waals surface area contributed by atoms with Gasteiger partial charge < -0.3 is 24.2 Å². The zero-order valence-corrected chi connectivity index (χ0v) is 24.0. The molecule has 39 heavy (non-hydrogen) atoms. The lowest BCUT2D eigenvalue weighted by atomic mass is 9.58. The molecule has 1 saturated heterocycles. The van der Waals surface area contributed by atoms with Crippen LogP contribution in [0.3, 0.4) is 0 Å². The second-order valence-electron chi connectivity index (χ2n) is 12.6. The minimum Gasteiger partial charge on any atom is -0.493 e. The van der Waals surface area contributed by atoms with Crippen molar-refractivity contribution >= 4 is 5.91 Å². The Balaban J connectivity index is 1.52. The Morgan fingerprint density at radius 1 is 1.08 bits per heavy atom. The van der Waals surface area contributed by atoms with E-state index in [-0.39, 0.29) is 26.0 Å². The third-order valence-corrected chi connectivity index (χ3v) is 7.94. The third kappa shape index (κ3) is 5.71. The van der Waals surface area contributed by atoms with Crippen molar-refractivity contribution in [3.63, 3.8) is 0 Å². The lowest BCUT2D eigenvalue weighted by molar-refractivity contribution is -0.231. The molecular weight excluding hydrogens is 508 g/mol. The largest absolute Gasteiger partial charge is 0.493 e. The van der Waals surface area contributed by atoms with E-state index >= 15 is 8.78 Å². The van der Waals surface area contributed by atoms with Gasteiger partial charge in [0.1, 0.15) is 18.0 Å². The number of aryl methyl sites for hydroxylation is 1. The van der Waals surface area contributed by atoms with Crippen molar-refractivity contribution in [2.45, 2.75) is 84.0 Å². The number of amides is 1. The molecule has 1 aliphatic heterocycles. The van der Waals surface area contributed by atoms with Gasteiger partial charge in [-0.1, -0.05) is 27.7 Å². The van der Waals surface area contributed by atoms with E-state index in [1.165, 1.54) is 4.90 Å². The van der Waals surface area contributed by atoms with Gasteiger partial charge in [-0.25, -0.2) is 0 Å². The monoisotopic (exact) mass is 549 g/mol. The topological polar surface area (TPSA) is 86.0 Å². The average Bonchev–Trinajstić information content (AvgIpc) is 3.46. The van der Waals surface area contributed by atoms with Crippen molar-refractivity contribution in [2.75, 3.05) is 20.8 Å². The Bertz CT molecular complexity index is 1190. The Hall–Kier alpha value is -2.88. The molecule has 0 spiro atoms. The minimum absolute atomic E-state index is 0.137. The molecule has 4 rings (SSSR count). The van der Waals surface area contributed by atoms with Gasteiger partial charge in [0.2, 0.25) is 0 Å². The molecule has 2 heterocycles. The van der Waals surface area contributed by atoms with Crippen molar-refractivity contribution in [3.05, 3.63) is 35.7 Å². The molecule has 0 bridgehead atoms. The summed E-state index contributed by atoms with van der Waals surface area (Å²) in [4.78, 5) is 14.6. The number of ether oxygens (including phenoxy) is 3. The molecule has 1 aromatic heterocycles. The lowest BCUT2D eigenvalue weighted by Gasteiger charge is -2.51. The number of aromatic nitrogens is 2. The number of halogens is 2. The van der Waals surface area contributed by atoms with Gasteiger partial charge in [-0.05, 0) is 61.1 Å². The summed E-state index contributed by atoms with van der Waals surface area (Å²) in [6, 6.07) is 6.41. The number of likely N-dealkylation sites (tertiary alicyclic amines) is 1. The van der Waals surface area contributed by atoms with Crippen molar-refractivity contribution in [2.24, 2.45) is 17.9 Å². The first kappa shape index (κ1) is 29.1. The quantitative estimate of drug-likeness (QED) is 0.482. The zero-order valence-electron chi connectivity index (χ0n) is 24.0. The number of alkyl halides is 2. The Morgan fingerprint density at radius 2 is 1.72 bits per heavy atom. The van der Waals surface area contributed by atoms with Gasteiger partial charge in [0.25, 0.3) is 5.91 Å². The van der Waals surface area contributed by atoms with Gasteiger partial charge in [-0.15, -0.1) is 0 Å². The molecule has 1 amide bonds. The first-order valence-corrected chi connectivity index (χ1v) is 13.4. The molecule has 2 fully saturated rings. The van der Waals surface area contributed by atoms with Gasteiger partial charge in [-0.2, -0.15) is 13.9 Å². The summed E-state index contributed by atoms with van der Waals surface area (Å²) in [7, 11) is 4.85. The molecule has 2 aliphatic rings. The molecule has 1 aromatic carbocycles. The van der Waals surface area contributed by atoms with Gasteiger partial charge in [-0.3, -0.25) is 9.48 Å². The van der Waals surface area contributed by atoms with Crippen molar-refractivity contribution in [1.29, 1.82) is 0 Å². The Morgan fingerprint density at radius 3 is 2.33 bits per heavy atom. The van der Waals surface area contributed by atoms with Crippen LogP contribution in [-0.2, 0) is 18.4 Å². The zero-order chi connectivity index (χ0) is 28.8. The maximum atomic E-state index is 15.9. The minimum atomic E-state index is -3.92. The molecular formula is C29H41F2N3O5. The van der Waals surface area contributed by atoms with E-state index in [0.29, 0.717) is 42.2 Å². The van der Waals surface area contributed by atoms with E-state index in [1.54, 1.807) is 50.2 Å². The maximum absolute atomic E-state index is 15.9. The number of rotatable bonds is 8. The molecule has 2 aromatic rings. The predicted octanol–water partition coefficient (Wildman–Crippen LogP) is 5.28. The number of hydrogen-bond acceptors (Lipinski definition) is 6. The van der Waals surface area contributed by atoms with Crippen LogP contribution in [0.2, 0.25) is 0 Å². The molecule has 10 heteroatoms. The SMILES string of the molecule is COc1ccc(OCc2cc([C@@H]3CCCN3C(=O)C(F)(F)C3(O)CC(C)(C)CC(C)(C)C3)nn2C)cc1OC. The standard InChI is InChI=1S/C29H41F2N3O5/c1-26(2)16-27(3,4)18-28(36,17-26)29(30,31)25(35)34-12-8-9-22(34)21-13-19(33(5)32-21)15-39-20-10-11-23(37-6)24(14-20)38-7/h10-11,13-14,22,36H,8-9,12,15-18H2,1-7H3/t22-/m0/s1. The summed E-state index contributed by atoms with van der Waals surface area (Å²) < 4.78 is 50.0. The van der Waals surface area contributed by atoms with Crippen molar-refractivity contribution < 1.29 is 32.9 Å². The second kappa shape index (κ2) is 10.3. The highest BCUT2D eigenvalue weighted by Gasteiger charge is 2.65. The summed E-state index contributed by atoms with van der Waals surface area (Å²) in [5.41, 5.74) is -2.20. The number of methoxy groups -OCH3 is 2. The molecule has 1 atom stereocenters. The summed E-state index contributed by atoms with van der Waals surface area (Å²) in [5.74, 6) is -3.55. The van der Waals surface area contributed by atoms with Crippen LogP contribution in [0.1, 0.15) is 77.2 Å². The average molecular weight is 550 g/mol. The maximum Gasteiger partial charge on any atom is 0.352 e. The van der Waals surface area contributed by atoms with E-state index in [1.807, 2.05) is 27.7 Å². The van der Waals surface area contributed by atoms with Crippen LogP contribution in [-0.4, -0.2) is 58.0 Å². The van der Waals surface area contributed by atoms with Crippen LogP contribution in [0.15, 0.2) is 24.3 Å². The van der Waals surface area contributed by atoms with E-state index < -0.39 is 34.3 Å². The van der Waals surface area contributed by atoms with Crippen molar-refractivity contribution in [3.8, 4) is 17.2 Å². The number of benzene rings is 1. The molecule has 0 radical (unpaired) electrons. The van der Waals surface area contributed by atoms with Gasteiger partial charge >= 0.3 is 5.92 Å². The molecule has 0 unspecified atom stereocenters. The highest BCUT2D eigenvalue weighted by Crippen LogP contribution is 2.55. The predicted molar refractivity (Wildman–Crippen MR) is 142 cm³/mol. The van der Waals surface area contributed by atoms with Gasteiger partial charge in [0, 0.05) is 19.7 Å². The number of nitrogens with zero attached hydrogens (tertiary/aromatic N) is 3. The summed E-state index contributed by atoms with van der Waals surface area (Å²) in [5, 5.41) is 15.9. The molecule has 1 aliphatic carbocycles. The van der Waals surface area contributed by atoms with Crippen LogP contribution in [0.25, 0.3) is 0 Å². The number of aliphatic hydroxyl groups is 1. The fraction of sp³-hybridized carbons (Fsp3) is 0.655. The van der Waals surface area contributed by atoms with Crippen LogP contribution >= 0.6 is 0 Å². The highest BCUT2D eigenvalue weighted by atomic mass is 19.3. The normalized spacial score (nSPS) is 22.0. The van der Waals surface area contributed by atoms with Crippen LogP contribution in [0.5, 0.6) is 17.2 Å². The molecule has 1 saturated carbocycles. The summed E-state index contributed by atoms with van der Waals surface area (Å²) in [6.45, 7) is 7.86. The molecule has 216 valence electrons. The van der Waals surface area contributed by atoms with E-state index in [9.17, 15) is 9.90 Å². The highest BCUT2D eigenvalue weighted by molar-refractivity contribution is 5.85. The summed E-state index contributed by atoms with van der Waals surface area (Å²) in [6.07, 6.45) is 1.52. The van der Waals surface area contributed by atoms with E-state index in [2.05, 4.69) is 5.10 Å². The number of carbonyl (C=O) groups is 1. The summed E-state index contributed by atoms with van der Waals surface area (Å²) >= 11 is 0. The first-order valence-electron chi connectivity index (χ1n) is 13.4. The Kier molecular flexibility index (Phi) is 7.66. The van der Waals surface area contributed by atoms with E-state index in [0.717, 1.165) is 5.69 Å². The van der Waals surface area contributed by atoms with Gasteiger partial charge in [0.05, 0.1) is 31.6 Å². The Labute approximate surface area is 229 Å². The number of carbonyl (C=O) groups excluding carboxylic acids is 1. The number of hydrogen-bond donors (Lipinski definition) is 1. The van der Waals surface area contributed by atoms with Crippen LogP contribution < -0.4 is 14.2 Å². The fourth-order valence-electron chi connectivity index (χ4n) is 6.88. The lowest BCUT2D eigenvalue weighted by Crippen LogP contribution is -2.62.